The predicted molar refractivity (Wildman–Crippen MR) is 34.0 cm³/mol. The number of rotatable bonds is 0. The fourth-order valence-electron chi connectivity index (χ4n) is 0.625. The maximum atomic E-state index is 8.96. The molecular formula is C5H8O2S. The molecule has 0 radical (unpaired) electrons. The van der Waals surface area contributed by atoms with Gasteiger partial charge in [0.05, 0.1) is 12.7 Å². The van der Waals surface area contributed by atoms with Gasteiger partial charge in [-0.25, -0.2) is 0 Å². The van der Waals surface area contributed by atoms with Crippen LogP contribution < -0.4 is 0 Å². The van der Waals surface area contributed by atoms with Crippen LogP contribution in [0.25, 0.3) is 0 Å². The quantitative estimate of drug-likeness (QED) is 0.475. The molecule has 3 heteroatoms. The van der Waals surface area contributed by atoms with E-state index in [0.29, 0.717) is 24.5 Å². The largest absolute Gasteiger partial charge is 0.388 e. The predicted octanol–water partition coefficient (Wildman–Crippen LogP) is 0.137. The van der Waals surface area contributed by atoms with Gasteiger partial charge in [0, 0.05) is 17.9 Å². The van der Waals surface area contributed by atoms with Crippen LogP contribution in [0.2, 0.25) is 0 Å². The zero-order valence-electron chi connectivity index (χ0n) is 4.46. The number of hydrogen-bond donors (Lipinski definition) is 1. The molecule has 0 bridgehead atoms. The lowest BCUT2D eigenvalue weighted by Crippen LogP contribution is -2.30. The highest BCUT2D eigenvalue weighted by Gasteiger charge is 2.14. The van der Waals surface area contributed by atoms with Crippen molar-refractivity contribution in [3.05, 3.63) is 0 Å². The lowest BCUT2D eigenvalue weighted by molar-refractivity contribution is 0.0975. The third-order valence-electron chi connectivity index (χ3n) is 1.15. The second-order valence-corrected chi connectivity index (χ2v) is 2.35. The molecule has 8 heavy (non-hydrogen) atoms. The number of ether oxygens (including phenoxy) is 1. The van der Waals surface area contributed by atoms with E-state index in [4.69, 9.17) is 22.1 Å². The molecule has 1 aliphatic heterocycles. The van der Waals surface area contributed by atoms with Gasteiger partial charge in [-0.3, -0.25) is 0 Å². The van der Waals surface area contributed by atoms with Crippen molar-refractivity contribution in [2.75, 3.05) is 13.2 Å². The van der Waals surface area contributed by atoms with Crippen LogP contribution in [0, 0.1) is 0 Å². The van der Waals surface area contributed by atoms with E-state index in [2.05, 4.69) is 0 Å². The summed E-state index contributed by atoms with van der Waals surface area (Å²) in [5.41, 5.74) is 0. The van der Waals surface area contributed by atoms with Crippen molar-refractivity contribution in [3.8, 4) is 0 Å². The van der Waals surface area contributed by atoms with Crippen LogP contribution in [-0.4, -0.2) is 29.3 Å². The summed E-state index contributed by atoms with van der Waals surface area (Å²) in [5, 5.41) is 8.96. The molecule has 46 valence electrons. The molecule has 0 aromatic carbocycles. The number of thiocarbonyl (C=S) groups is 1. The van der Waals surface area contributed by atoms with Gasteiger partial charge >= 0.3 is 0 Å². The summed E-state index contributed by atoms with van der Waals surface area (Å²) in [6.07, 6.45) is 0.275. The average molecular weight is 132 g/mol. The summed E-state index contributed by atoms with van der Waals surface area (Å²) in [7, 11) is 0. The summed E-state index contributed by atoms with van der Waals surface area (Å²) >= 11 is 4.75. The molecule has 0 spiro atoms. The van der Waals surface area contributed by atoms with Crippen LogP contribution in [0.5, 0.6) is 0 Å². The molecule has 1 fully saturated rings. The molecule has 1 atom stereocenters. The normalized spacial score (nSPS) is 30.6. The van der Waals surface area contributed by atoms with Crippen LogP contribution in [0.3, 0.4) is 0 Å². The zero-order chi connectivity index (χ0) is 5.98. The molecule has 1 heterocycles. The van der Waals surface area contributed by atoms with Crippen LogP contribution in [0.4, 0.5) is 0 Å². The second-order valence-electron chi connectivity index (χ2n) is 1.82. The first-order valence-electron chi connectivity index (χ1n) is 2.59. The van der Waals surface area contributed by atoms with Gasteiger partial charge in [0.25, 0.3) is 0 Å². The Kier molecular flexibility index (Phi) is 1.94. The first kappa shape index (κ1) is 6.13. The average Bonchev–Trinajstić information content (AvgIpc) is 1.77. The Hall–Kier alpha value is 0.01000. The van der Waals surface area contributed by atoms with E-state index in [-0.39, 0.29) is 0 Å². The van der Waals surface area contributed by atoms with Crippen LogP contribution in [0.15, 0.2) is 0 Å². The van der Waals surface area contributed by atoms with E-state index in [1.807, 2.05) is 0 Å². The molecule has 0 aromatic heterocycles. The SMILES string of the molecule is OC1CCOCC1=S. The van der Waals surface area contributed by atoms with Gasteiger partial charge in [-0.1, -0.05) is 12.2 Å². The Morgan fingerprint density at radius 1 is 1.75 bits per heavy atom. The van der Waals surface area contributed by atoms with Gasteiger partial charge in [0.2, 0.25) is 0 Å². The van der Waals surface area contributed by atoms with Gasteiger partial charge in [-0.15, -0.1) is 0 Å². The van der Waals surface area contributed by atoms with E-state index in [1.54, 1.807) is 0 Å². The lowest BCUT2D eigenvalue weighted by Gasteiger charge is -2.17. The van der Waals surface area contributed by atoms with E-state index >= 15 is 0 Å². The van der Waals surface area contributed by atoms with Crippen molar-refractivity contribution in [2.45, 2.75) is 12.5 Å². The van der Waals surface area contributed by atoms with Gasteiger partial charge in [0.1, 0.15) is 0 Å². The summed E-state index contributed by atoms with van der Waals surface area (Å²) in [6.45, 7) is 1.10. The fraction of sp³-hybridized carbons (Fsp3) is 0.800. The van der Waals surface area contributed by atoms with Gasteiger partial charge in [-0.05, 0) is 0 Å². The topological polar surface area (TPSA) is 29.5 Å². The summed E-state index contributed by atoms with van der Waals surface area (Å²) < 4.78 is 4.95. The molecule has 1 saturated heterocycles. The smallest absolute Gasteiger partial charge is 0.0897 e. The van der Waals surface area contributed by atoms with Crippen molar-refractivity contribution < 1.29 is 9.84 Å². The minimum absolute atomic E-state index is 0.390. The molecule has 2 nitrogen and oxygen atoms in total. The first-order chi connectivity index (χ1) is 3.80. The van der Waals surface area contributed by atoms with Gasteiger partial charge in [-0.2, -0.15) is 0 Å². The number of hydrogen-bond acceptors (Lipinski definition) is 3. The Morgan fingerprint density at radius 2 is 2.50 bits per heavy atom. The van der Waals surface area contributed by atoms with E-state index < -0.39 is 6.10 Å². The zero-order valence-corrected chi connectivity index (χ0v) is 5.28. The minimum atomic E-state index is -0.390. The van der Waals surface area contributed by atoms with Crippen LogP contribution in [0.1, 0.15) is 6.42 Å². The number of aliphatic hydroxyl groups excluding tert-OH is 1. The third-order valence-corrected chi connectivity index (χ3v) is 1.54. The molecule has 1 N–H and O–H groups in total. The molecule has 0 aliphatic carbocycles. The standard InChI is InChI=1S/C5H8O2S/c6-4-1-2-7-3-5(4)8/h4,6H,1-3H2. The van der Waals surface area contributed by atoms with Crippen molar-refractivity contribution in [1.82, 2.24) is 0 Å². The molecule has 0 aromatic rings. The molecule has 0 saturated carbocycles. The lowest BCUT2D eigenvalue weighted by atomic mass is 10.2. The maximum absolute atomic E-state index is 8.96. The van der Waals surface area contributed by atoms with Gasteiger partial charge < -0.3 is 9.84 Å². The molecular weight excluding hydrogens is 124 g/mol. The van der Waals surface area contributed by atoms with Crippen LogP contribution in [-0.2, 0) is 4.74 Å². The molecule has 1 aliphatic rings. The molecule has 0 amide bonds. The van der Waals surface area contributed by atoms with E-state index in [0.717, 1.165) is 0 Å². The van der Waals surface area contributed by atoms with E-state index in [9.17, 15) is 0 Å². The van der Waals surface area contributed by atoms with Gasteiger partial charge in [0.15, 0.2) is 0 Å². The monoisotopic (exact) mass is 132 g/mol. The Morgan fingerprint density at radius 3 is 2.88 bits per heavy atom. The Bertz CT molecular complexity index is 103. The second kappa shape index (κ2) is 2.53. The van der Waals surface area contributed by atoms with Crippen molar-refractivity contribution in [1.29, 1.82) is 0 Å². The molecule has 1 unspecified atom stereocenters. The Balaban J connectivity index is 2.39. The van der Waals surface area contributed by atoms with Crippen molar-refractivity contribution in [3.63, 3.8) is 0 Å². The van der Waals surface area contributed by atoms with Crippen molar-refractivity contribution in [2.24, 2.45) is 0 Å². The van der Waals surface area contributed by atoms with E-state index in [1.165, 1.54) is 0 Å². The third kappa shape index (κ3) is 1.24. The number of aliphatic hydroxyl groups is 1. The fourth-order valence-corrected chi connectivity index (χ4v) is 0.826. The highest BCUT2D eigenvalue weighted by Crippen LogP contribution is 2.02. The van der Waals surface area contributed by atoms with Crippen LogP contribution >= 0.6 is 12.2 Å². The molecule has 1 rings (SSSR count). The maximum Gasteiger partial charge on any atom is 0.0897 e. The first-order valence-corrected chi connectivity index (χ1v) is 3.00. The summed E-state index contributed by atoms with van der Waals surface area (Å²) in [4.78, 5) is 0.635. The highest BCUT2D eigenvalue weighted by molar-refractivity contribution is 7.80. The highest BCUT2D eigenvalue weighted by atomic mass is 32.1. The summed E-state index contributed by atoms with van der Waals surface area (Å²) in [6, 6.07) is 0. The summed E-state index contributed by atoms with van der Waals surface area (Å²) in [5.74, 6) is 0. The van der Waals surface area contributed by atoms with Crippen molar-refractivity contribution >= 4 is 17.1 Å². The Labute approximate surface area is 53.5 Å². The minimum Gasteiger partial charge on any atom is -0.388 e.